The molecule has 0 aliphatic rings. The second-order valence-corrected chi connectivity index (χ2v) is 4.88. The van der Waals surface area contributed by atoms with Gasteiger partial charge < -0.3 is 15.8 Å². The molecule has 0 bridgehead atoms. The highest BCUT2D eigenvalue weighted by molar-refractivity contribution is 5.95. The molecule has 4 heteroatoms. The van der Waals surface area contributed by atoms with Crippen LogP contribution in [0.3, 0.4) is 0 Å². The summed E-state index contributed by atoms with van der Waals surface area (Å²) in [6.45, 7) is 6.72. The van der Waals surface area contributed by atoms with Crippen LogP contribution in [0.25, 0.3) is 0 Å². The molecular weight excluding hydrogens is 240 g/mol. The average molecular weight is 264 g/mol. The van der Waals surface area contributed by atoms with Crippen LogP contribution in [0, 0.1) is 0 Å². The first kappa shape index (κ1) is 15.3. The van der Waals surface area contributed by atoms with E-state index in [2.05, 4.69) is 12.2 Å². The molecule has 0 aliphatic heterocycles. The molecule has 1 aromatic rings. The molecular formula is C15H24N2O2. The predicted molar refractivity (Wildman–Crippen MR) is 78.5 cm³/mol. The van der Waals surface area contributed by atoms with Gasteiger partial charge in [-0.15, -0.1) is 0 Å². The van der Waals surface area contributed by atoms with Crippen LogP contribution >= 0.6 is 0 Å². The molecule has 0 saturated carbocycles. The third-order valence-electron chi connectivity index (χ3n) is 2.70. The van der Waals surface area contributed by atoms with Gasteiger partial charge in [0.2, 0.25) is 0 Å². The van der Waals surface area contributed by atoms with Crippen molar-refractivity contribution in [3.8, 4) is 5.75 Å². The molecule has 106 valence electrons. The Labute approximate surface area is 115 Å². The summed E-state index contributed by atoms with van der Waals surface area (Å²) in [6, 6.07) is 5.15. The summed E-state index contributed by atoms with van der Waals surface area (Å²) in [4.78, 5) is 11.9. The van der Waals surface area contributed by atoms with Crippen LogP contribution in [0.15, 0.2) is 18.2 Å². The second kappa shape index (κ2) is 7.67. The number of nitrogens with one attached hydrogen (secondary N) is 1. The van der Waals surface area contributed by atoms with Gasteiger partial charge in [0.1, 0.15) is 5.75 Å². The summed E-state index contributed by atoms with van der Waals surface area (Å²) < 4.78 is 5.54. The smallest absolute Gasteiger partial charge is 0.251 e. The largest absolute Gasteiger partial charge is 0.489 e. The molecule has 0 unspecified atom stereocenters. The van der Waals surface area contributed by atoms with Crippen molar-refractivity contribution in [2.75, 3.05) is 12.3 Å². The van der Waals surface area contributed by atoms with E-state index in [1.807, 2.05) is 13.8 Å². The van der Waals surface area contributed by atoms with Gasteiger partial charge in [-0.1, -0.05) is 19.8 Å². The van der Waals surface area contributed by atoms with E-state index in [0.717, 1.165) is 19.3 Å². The number of anilines is 1. The van der Waals surface area contributed by atoms with Crippen LogP contribution < -0.4 is 15.8 Å². The first-order valence-electron chi connectivity index (χ1n) is 6.89. The molecule has 1 aromatic carbocycles. The Hall–Kier alpha value is -1.71. The van der Waals surface area contributed by atoms with Crippen molar-refractivity contribution in [1.29, 1.82) is 0 Å². The van der Waals surface area contributed by atoms with Crippen LogP contribution in [0.5, 0.6) is 5.75 Å². The predicted octanol–water partition coefficient (Wildman–Crippen LogP) is 2.98. The third kappa shape index (κ3) is 5.20. The van der Waals surface area contributed by atoms with Gasteiger partial charge in [-0.25, -0.2) is 0 Å². The van der Waals surface area contributed by atoms with Gasteiger partial charge >= 0.3 is 0 Å². The number of ether oxygens (including phenoxy) is 1. The number of amides is 1. The Morgan fingerprint density at radius 2 is 2.11 bits per heavy atom. The van der Waals surface area contributed by atoms with E-state index in [-0.39, 0.29) is 12.0 Å². The Morgan fingerprint density at radius 1 is 1.37 bits per heavy atom. The highest BCUT2D eigenvalue weighted by Gasteiger charge is 2.09. The normalized spacial score (nSPS) is 10.5. The molecule has 0 heterocycles. The maximum absolute atomic E-state index is 11.9. The summed E-state index contributed by atoms with van der Waals surface area (Å²) in [6.07, 6.45) is 3.34. The van der Waals surface area contributed by atoms with Crippen molar-refractivity contribution >= 4 is 11.6 Å². The fraction of sp³-hybridized carbons (Fsp3) is 0.533. The van der Waals surface area contributed by atoms with Gasteiger partial charge in [0.05, 0.1) is 11.8 Å². The Morgan fingerprint density at radius 3 is 2.68 bits per heavy atom. The van der Waals surface area contributed by atoms with Gasteiger partial charge in [-0.3, -0.25) is 4.79 Å². The molecule has 0 spiro atoms. The highest BCUT2D eigenvalue weighted by atomic mass is 16.5. The number of nitrogen functional groups attached to an aromatic ring is 1. The maximum atomic E-state index is 11.9. The van der Waals surface area contributed by atoms with Crippen LogP contribution in [0.2, 0.25) is 0 Å². The van der Waals surface area contributed by atoms with Crippen LogP contribution in [0.1, 0.15) is 50.4 Å². The van der Waals surface area contributed by atoms with Crippen molar-refractivity contribution in [2.24, 2.45) is 0 Å². The quantitative estimate of drug-likeness (QED) is 0.588. The lowest BCUT2D eigenvalue weighted by atomic mass is 10.1. The number of carbonyl (C=O) groups excluding carboxylic acids is 1. The first-order valence-corrected chi connectivity index (χ1v) is 6.89. The van der Waals surface area contributed by atoms with Crippen LogP contribution in [-0.4, -0.2) is 18.6 Å². The lowest BCUT2D eigenvalue weighted by Crippen LogP contribution is -2.24. The van der Waals surface area contributed by atoms with Crippen molar-refractivity contribution in [3.63, 3.8) is 0 Å². The number of hydrogen-bond donors (Lipinski definition) is 2. The van der Waals surface area contributed by atoms with Crippen LogP contribution in [-0.2, 0) is 0 Å². The number of carbonyl (C=O) groups is 1. The minimum absolute atomic E-state index is 0.0658. The van der Waals surface area contributed by atoms with Gasteiger partial charge in [0.15, 0.2) is 0 Å². The summed E-state index contributed by atoms with van der Waals surface area (Å²) >= 11 is 0. The SMILES string of the molecule is CCCCCNC(=O)c1ccc(OC(C)C)c(N)c1. The van der Waals surface area contributed by atoms with Crippen molar-refractivity contribution in [2.45, 2.75) is 46.1 Å². The van der Waals surface area contributed by atoms with Crippen molar-refractivity contribution in [3.05, 3.63) is 23.8 Å². The first-order chi connectivity index (χ1) is 9.04. The maximum Gasteiger partial charge on any atom is 0.251 e. The number of unbranched alkanes of at least 4 members (excludes halogenated alkanes) is 2. The third-order valence-corrected chi connectivity index (χ3v) is 2.70. The fourth-order valence-electron chi connectivity index (χ4n) is 1.73. The second-order valence-electron chi connectivity index (χ2n) is 4.88. The standard InChI is InChI=1S/C15H24N2O2/c1-4-5-6-9-17-15(18)12-7-8-14(13(16)10-12)19-11(2)3/h7-8,10-11H,4-6,9,16H2,1-3H3,(H,17,18). The lowest BCUT2D eigenvalue weighted by molar-refractivity contribution is 0.0953. The zero-order valence-corrected chi connectivity index (χ0v) is 12.0. The molecule has 4 nitrogen and oxygen atoms in total. The molecule has 1 rings (SSSR count). The molecule has 0 atom stereocenters. The molecule has 19 heavy (non-hydrogen) atoms. The zero-order valence-electron chi connectivity index (χ0n) is 12.0. The zero-order chi connectivity index (χ0) is 14.3. The number of hydrogen-bond acceptors (Lipinski definition) is 3. The van der Waals surface area contributed by atoms with Gasteiger partial charge in [-0.2, -0.15) is 0 Å². The minimum atomic E-state index is -0.0844. The molecule has 0 saturated heterocycles. The molecule has 0 aromatic heterocycles. The summed E-state index contributed by atoms with van der Waals surface area (Å²) in [7, 11) is 0. The Balaban J connectivity index is 2.59. The minimum Gasteiger partial charge on any atom is -0.489 e. The molecule has 0 fully saturated rings. The van der Waals surface area contributed by atoms with Crippen molar-refractivity contribution in [1.82, 2.24) is 5.32 Å². The van der Waals surface area contributed by atoms with Crippen molar-refractivity contribution < 1.29 is 9.53 Å². The Bertz CT molecular complexity index is 417. The number of nitrogens with two attached hydrogens (primary N) is 1. The number of benzene rings is 1. The topological polar surface area (TPSA) is 64.3 Å². The molecule has 3 N–H and O–H groups in total. The van der Waals surface area contributed by atoms with E-state index in [1.165, 1.54) is 0 Å². The summed E-state index contributed by atoms with van der Waals surface area (Å²) in [5.41, 5.74) is 6.95. The summed E-state index contributed by atoms with van der Waals surface area (Å²) in [5.74, 6) is 0.538. The average Bonchev–Trinajstić information content (AvgIpc) is 2.36. The van der Waals surface area contributed by atoms with E-state index in [9.17, 15) is 4.79 Å². The van der Waals surface area contributed by atoms with E-state index >= 15 is 0 Å². The van der Waals surface area contributed by atoms with Gasteiger partial charge in [0, 0.05) is 12.1 Å². The lowest BCUT2D eigenvalue weighted by Gasteiger charge is -2.13. The van der Waals surface area contributed by atoms with E-state index < -0.39 is 0 Å². The molecule has 0 aliphatic carbocycles. The van der Waals surface area contributed by atoms with Gasteiger partial charge in [-0.05, 0) is 38.5 Å². The number of rotatable bonds is 7. The van der Waals surface area contributed by atoms with E-state index in [0.29, 0.717) is 23.5 Å². The Kier molecular flexibility index (Phi) is 6.19. The molecule has 0 radical (unpaired) electrons. The van der Waals surface area contributed by atoms with E-state index in [4.69, 9.17) is 10.5 Å². The van der Waals surface area contributed by atoms with E-state index in [1.54, 1.807) is 18.2 Å². The van der Waals surface area contributed by atoms with Crippen LogP contribution in [0.4, 0.5) is 5.69 Å². The molecule has 1 amide bonds. The monoisotopic (exact) mass is 264 g/mol. The fourth-order valence-corrected chi connectivity index (χ4v) is 1.73. The summed E-state index contributed by atoms with van der Waals surface area (Å²) in [5, 5.41) is 2.89. The highest BCUT2D eigenvalue weighted by Crippen LogP contribution is 2.23. The van der Waals surface area contributed by atoms with Gasteiger partial charge in [0.25, 0.3) is 5.91 Å².